The summed E-state index contributed by atoms with van der Waals surface area (Å²) in [5.74, 6) is 0.538. The quantitative estimate of drug-likeness (QED) is 0.627. The van der Waals surface area contributed by atoms with E-state index in [4.69, 9.17) is 0 Å². The highest BCUT2D eigenvalue weighted by Gasteiger charge is 1.97. The molecule has 1 aromatic rings. The minimum absolute atomic E-state index is 0.538. The standard InChI is InChI=1S/C12H16S/c1-9(2)10(3)5-6-12-11(4)7-8-13-12/h5-9H,3H2,1-2,4H3/b6-5-. The summed E-state index contributed by atoms with van der Waals surface area (Å²) in [6.45, 7) is 10.5. The van der Waals surface area contributed by atoms with E-state index in [1.165, 1.54) is 16.0 Å². The van der Waals surface area contributed by atoms with Crippen molar-refractivity contribution in [3.8, 4) is 0 Å². The Morgan fingerprint density at radius 2 is 2.23 bits per heavy atom. The minimum atomic E-state index is 0.538. The lowest BCUT2D eigenvalue weighted by molar-refractivity contribution is 0.796. The first-order valence-corrected chi connectivity index (χ1v) is 5.40. The molecule has 0 aromatic carbocycles. The molecule has 1 rings (SSSR count). The number of aryl methyl sites for hydroxylation is 1. The molecule has 0 nitrogen and oxygen atoms in total. The second-order valence-electron chi connectivity index (χ2n) is 3.53. The summed E-state index contributed by atoms with van der Waals surface area (Å²) in [4.78, 5) is 1.34. The first-order chi connectivity index (χ1) is 6.11. The Labute approximate surface area is 84.6 Å². The second kappa shape index (κ2) is 4.43. The van der Waals surface area contributed by atoms with E-state index in [9.17, 15) is 0 Å². The summed E-state index contributed by atoms with van der Waals surface area (Å²) in [5.41, 5.74) is 2.53. The largest absolute Gasteiger partial charge is 0.144 e. The van der Waals surface area contributed by atoms with Crippen LogP contribution in [0.25, 0.3) is 6.08 Å². The molecule has 0 fully saturated rings. The third-order valence-electron chi connectivity index (χ3n) is 2.09. The molecule has 0 amide bonds. The van der Waals surface area contributed by atoms with Crippen LogP contribution in [0.1, 0.15) is 24.3 Å². The highest BCUT2D eigenvalue weighted by Crippen LogP contribution is 2.19. The molecule has 0 radical (unpaired) electrons. The van der Waals surface area contributed by atoms with Crippen LogP contribution in [0.4, 0.5) is 0 Å². The van der Waals surface area contributed by atoms with Crippen LogP contribution in [0.5, 0.6) is 0 Å². The van der Waals surface area contributed by atoms with Gasteiger partial charge in [0, 0.05) is 4.88 Å². The lowest BCUT2D eigenvalue weighted by Crippen LogP contribution is -1.86. The fourth-order valence-electron chi connectivity index (χ4n) is 0.930. The number of hydrogen-bond donors (Lipinski definition) is 0. The maximum atomic E-state index is 4.00. The van der Waals surface area contributed by atoms with Gasteiger partial charge in [0.25, 0.3) is 0 Å². The van der Waals surface area contributed by atoms with Crippen molar-refractivity contribution in [2.75, 3.05) is 0 Å². The zero-order chi connectivity index (χ0) is 9.84. The smallest absolute Gasteiger partial charge is 0.0299 e. The first kappa shape index (κ1) is 10.3. The van der Waals surface area contributed by atoms with Crippen LogP contribution in [-0.2, 0) is 0 Å². The Morgan fingerprint density at radius 3 is 2.69 bits per heavy atom. The molecule has 70 valence electrons. The van der Waals surface area contributed by atoms with Gasteiger partial charge in [-0.1, -0.05) is 32.1 Å². The zero-order valence-electron chi connectivity index (χ0n) is 8.50. The number of hydrogen-bond acceptors (Lipinski definition) is 1. The van der Waals surface area contributed by atoms with E-state index in [0.717, 1.165) is 0 Å². The molecule has 0 bridgehead atoms. The number of rotatable bonds is 3. The molecule has 0 aliphatic heterocycles. The summed E-state index contributed by atoms with van der Waals surface area (Å²) in [6.07, 6.45) is 4.27. The fraction of sp³-hybridized carbons (Fsp3) is 0.333. The number of thiophene rings is 1. The van der Waals surface area contributed by atoms with Crippen LogP contribution in [0, 0.1) is 12.8 Å². The van der Waals surface area contributed by atoms with Gasteiger partial charge in [0.1, 0.15) is 0 Å². The molecule has 1 heterocycles. The van der Waals surface area contributed by atoms with E-state index < -0.39 is 0 Å². The fourth-order valence-corrected chi connectivity index (χ4v) is 1.75. The van der Waals surface area contributed by atoms with Crippen LogP contribution in [0.3, 0.4) is 0 Å². The molecular weight excluding hydrogens is 176 g/mol. The average Bonchev–Trinajstić information content (AvgIpc) is 2.47. The van der Waals surface area contributed by atoms with Gasteiger partial charge in [-0.25, -0.2) is 0 Å². The van der Waals surface area contributed by atoms with E-state index in [0.29, 0.717) is 5.92 Å². The van der Waals surface area contributed by atoms with Crippen LogP contribution < -0.4 is 0 Å². The maximum absolute atomic E-state index is 4.00. The molecule has 13 heavy (non-hydrogen) atoms. The summed E-state index contributed by atoms with van der Waals surface area (Å²) in [7, 11) is 0. The normalized spacial score (nSPS) is 11.4. The molecular formula is C12H16S. The van der Waals surface area contributed by atoms with E-state index in [-0.39, 0.29) is 0 Å². The van der Waals surface area contributed by atoms with Gasteiger partial charge in [0.05, 0.1) is 0 Å². The van der Waals surface area contributed by atoms with Crippen molar-refractivity contribution in [2.24, 2.45) is 5.92 Å². The summed E-state index contributed by atoms with van der Waals surface area (Å²) in [6, 6.07) is 2.14. The van der Waals surface area contributed by atoms with Crippen LogP contribution >= 0.6 is 11.3 Å². The Balaban J connectivity index is 2.69. The summed E-state index contributed by atoms with van der Waals surface area (Å²) < 4.78 is 0. The monoisotopic (exact) mass is 192 g/mol. The summed E-state index contributed by atoms with van der Waals surface area (Å²) >= 11 is 1.78. The Morgan fingerprint density at radius 1 is 1.54 bits per heavy atom. The second-order valence-corrected chi connectivity index (χ2v) is 4.48. The highest BCUT2D eigenvalue weighted by atomic mass is 32.1. The van der Waals surface area contributed by atoms with E-state index in [1.54, 1.807) is 11.3 Å². The number of allylic oxidation sites excluding steroid dienone is 2. The topological polar surface area (TPSA) is 0 Å². The van der Waals surface area contributed by atoms with E-state index in [1.807, 2.05) is 0 Å². The van der Waals surface area contributed by atoms with Gasteiger partial charge in [-0.3, -0.25) is 0 Å². The predicted molar refractivity (Wildman–Crippen MR) is 62.1 cm³/mol. The lowest BCUT2D eigenvalue weighted by Gasteiger charge is -2.01. The van der Waals surface area contributed by atoms with Crippen molar-refractivity contribution in [3.05, 3.63) is 40.1 Å². The van der Waals surface area contributed by atoms with Crippen molar-refractivity contribution in [1.82, 2.24) is 0 Å². The van der Waals surface area contributed by atoms with Crippen molar-refractivity contribution in [3.63, 3.8) is 0 Å². The highest BCUT2D eigenvalue weighted by molar-refractivity contribution is 7.11. The van der Waals surface area contributed by atoms with E-state index >= 15 is 0 Å². The molecule has 0 N–H and O–H groups in total. The van der Waals surface area contributed by atoms with Crippen LogP contribution in [-0.4, -0.2) is 0 Å². The van der Waals surface area contributed by atoms with Crippen molar-refractivity contribution < 1.29 is 0 Å². The third-order valence-corrected chi connectivity index (χ3v) is 3.08. The molecule has 0 aliphatic rings. The van der Waals surface area contributed by atoms with Crippen LogP contribution in [0.2, 0.25) is 0 Å². The SMILES string of the molecule is C=C(/C=C\c1sccc1C)C(C)C. The molecule has 1 aromatic heterocycles. The van der Waals surface area contributed by atoms with Gasteiger partial charge in [0.2, 0.25) is 0 Å². The minimum Gasteiger partial charge on any atom is -0.144 e. The molecule has 0 unspecified atom stereocenters. The molecule has 1 heteroatoms. The zero-order valence-corrected chi connectivity index (χ0v) is 9.32. The van der Waals surface area contributed by atoms with Gasteiger partial charge in [0.15, 0.2) is 0 Å². The van der Waals surface area contributed by atoms with Gasteiger partial charge in [-0.05, 0) is 35.9 Å². The lowest BCUT2D eigenvalue weighted by atomic mass is 10.0. The summed E-state index contributed by atoms with van der Waals surface area (Å²) in [5, 5.41) is 2.12. The van der Waals surface area contributed by atoms with Crippen molar-refractivity contribution in [2.45, 2.75) is 20.8 Å². The Bertz CT molecular complexity index is 316. The van der Waals surface area contributed by atoms with Crippen LogP contribution in [0.15, 0.2) is 29.7 Å². The predicted octanol–water partition coefficient (Wildman–Crippen LogP) is 4.28. The van der Waals surface area contributed by atoms with Crippen molar-refractivity contribution in [1.29, 1.82) is 0 Å². The van der Waals surface area contributed by atoms with E-state index in [2.05, 4.69) is 50.9 Å². The molecule has 0 atom stereocenters. The van der Waals surface area contributed by atoms with Gasteiger partial charge in [-0.15, -0.1) is 11.3 Å². The first-order valence-electron chi connectivity index (χ1n) is 4.52. The molecule has 0 saturated heterocycles. The van der Waals surface area contributed by atoms with Gasteiger partial charge >= 0.3 is 0 Å². The maximum Gasteiger partial charge on any atom is 0.0299 e. The Hall–Kier alpha value is -0.820. The third kappa shape index (κ3) is 2.85. The molecule has 0 saturated carbocycles. The molecule has 0 aliphatic carbocycles. The van der Waals surface area contributed by atoms with Crippen molar-refractivity contribution >= 4 is 17.4 Å². The average molecular weight is 192 g/mol. The van der Waals surface area contributed by atoms with Gasteiger partial charge < -0.3 is 0 Å². The molecule has 0 spiro atoms. The Kier molecular flexibility index (Phi) is 3.49. The van der Waals surface area contributed by atoms with Gasteiger partial charge in [-0.2, -0.15) is 0 Å².